The van der Waals surface area contributed by atoms with Gasteiger partial charge in [0.1, 0.15) is 0 Å². The Bertz CT molecular complexity index is 209. The molecule has 0 unspecified atom stereocenters. The second-order valence-electron chi connectivity index (χ2n) is 5.08. The number of nitrogens with zero attached hydrogens (tertiary/aromatic N) is 1. The summed E-state index contributed by atoms with van der Waals surface area (Å²) in [5.41, 5.74) is 0.381. The molecule has 1 saturated heterocycles. The van der Waals surface area contributed by atoms with E-state index in [2.05, 4.69) is 31.7 Å². The number of rotatable bonds is 4. The smallest absolute Gasteiger partial charge is 0.0384 e. The van der Waals surface area contributed by atoms with E-state index in [1.54, 1.807) is 5.20 Å². The minimum atomic E-state index is 0.381. The van der Waals surface area contributed by atoms with Gasteiger partial charge in [0.2, 0.25) is 0 Å². The molecule has 0 radical (unpaired) electrons. The minimum absolute atomic E-state index is 0.381. The van der Waals surface area contributed by atoms with E-state index in [-0.39, 0.29) is 0 Å². The molecule has 1 aliphatic heterocycles. The first-order valence-corrected chi connectivity index (χ1v) is 7.55. The standard InChI is InChI=1S/C13H27NSi/c1-4-13(5-2,11-12(3)15)14-9-7-6-8-10-14/h11H,4-10H2,1-3,15H3/b12-11-. The summed E-state index contributed by atoms with van der Waals surface area (Å²) in [6.07, 6.45) is 9.33. The van der Waals surface area contributed by atoms with Gasteiger partial charge in [-0.1, -0.05) is 31.5 Å². The van der Waals surface area contributed by atoms with Crippen LogP contribution < -0.4 is 0 Å². The fraction of sp³-hybridized carbons (Fsp3) is 0.846. The molecule has 0 bridgehead atoms. The number of hydrogen-bond donors (Lipinski definition) is 0. The average Bonchev–Trinajstić information content (AvgIpc) is 2.27. The molecule has 0 atom stereocenters. The average molecular weight is 225 g/mol. The first-order valence-electron chi connectivity index (χ1n) is 6.55. The Kier molecular flexibility index (Phi) is 5.07. The van der Waals surface area contributed by atoms with Crippen molar-refractivity contribution in [2.24, 2.45) is 0 Å². The molecule has 88 valence electrons. The molecule has 0 aromatic rings. The van der Waals surface area contributed by atoms with Gasteiger partial charge in [0.05, 0.1) is 0 Å². The minimum Gasteiger partial charge on any atom is -0.294 e. The van der Waals surface area contributed by atoms with Crippen LogP contribution in [0, 0.1) is 0 Å². The van der Waals surface area contributed by atoms with Crippen LogP contribution in [-0.2, 0) is 0 Å². The molecular formula is C13H27NSi. The molecule has 0 spiro atoms. The Balaban J connectivity index is 2.82. The Hall–Kier alpha value is -0.0831. The lowest BCUT2D eigenvalue weighted by Crippen LogP contribution is -2.49. The largest absolute Gasteiger partial charge is 0.294 e. The van der Waals surface area contributed by atoms with Crippen molar-refractivity contribution in [3.63, 3.8) is 0 Å². The van der Waals surface area contributed by atoms with Crippen molar-refractivity contribution in [1.82, 2.24) is 4.90 Å². The summed E-state index contributed by atoms with van der Waals surface area (Å²) in [7, 11) is 1.21. The van der Waals surface area contributed by atoms with Crippen molar-refractivity contribution in [2.45, 2.75) is 58.4 Å². The van der Waals surface area contributed by atoms with Crippen LogP contribution in [0.2, 0.25) is 0 Å². The molecular weight excluding hydrogens is 198 g/mol. The summed E-state index contributed by atoms with van der Waals surface area (Å²) in [4.78, 5) is 2.73. The van der Waals surface area contributed by atoms with E-state index in [0.29, 0.717) is 5.54 Å². The van der Waals surface area contributed by atoms with Gasteiger partial charge < -0.3 is 0 Å². The van der Waals surface area contributed by atoms with Gasteiger partial charge in [0.25, 0.3) is 0 Å². The zero-order valence-corrected chi connectivity index (χ0v) is 13.0. The predicted octanol–water partition coefficient (Wildman–Crippen LogP) is 2.30. The molecule has 1 heterocycles. The molecule has 1 rings (SSSR count). The van der Waals surface area contributed by atoms with Crippen molar-refractivity contribution in [3.8, 4) is 0 Å². The highest BCUT2D eigenvalue weighted by molar-refractivity contribution is 6.21. The van der Waals surface area contributed by atoms with E-state index in [9.17, 15) is 0 Å². The highest BCUT2D eigenvalue weighted by Gasteiger charge is 2.31. The first kappa shape index (κ1) is 13.0. The zero-order valence-electron chi connectivity index (χ0n) is 11.0. The SMILES string of the molecule is CCC(/C=C(/C)[SiH3])(CC)N1CCCCC1. The predicted molar refractivity (Wildman–Crippen MR) is 72.4 cm³/mol. The summed E-state index contributed by atoms with van der Waals surface area (Å²) in [5.74, 6) is 0. The Morgan fingerprint density at radius 2 is 1.73 bits per heavy atom. The Labute approximate surface area is 98.4 Å². The lowest BCUT2D eigenvalue weighted by molar-refractivity contribution is 0.0965. The summed E-state index contributed by atoms with van der Waals surface area (Å²) >= 11 is 0. The molecule has 2 heteroatoms. The molecule has 0 aliphatic carbocycles. The van der Waals surface area contributed by atoms with Crippen molar-refractivity contribution in [2.75, 3.05) is 13.1 Å². The van der Waals surface area contributed by atoms with Gasteiger partial charge in [-0.2, -0.15) is 0 Å². The number of likely N-dealkylation sites (tertiary alicyclic amines) is 1. The van der Waals surface area contributed by atoms with Gasteiger partial charge in [-0.3, -0.25) is 4.90 Å². The highest BCUT2D eigenvalue weighted by Crippen LogP contribution is 2.29. The fourth-order valence-corrected chi connectivity index (χ4v) is 3.41. The van der Waals surface area contributed by atoms with Crippen LogP contribution in [0.5, 0.6) is 0 Å². The van der Waals surface area contributed by atoms with E-state index >= 15 is 0 Å². The topological polar surface area (TPSA) is 3.24 Å². The Morgan fingerprint density at radius 1 is 1.20 bits per heavy atom. The molecule has 1 aliphatic rings. The Morgan fingerprint density at radius 3 is 2.13 bits per heavy atom. The number of allylic oxidation sites excluding steroid dienone is 1. The van der Waals surface area contributed by atoms with Crippen LogP contribution in [0.1, 0.15) is 52.9 Å². The second kappa shape index (κ2) is 5.85. The van der Waals surface area contributed by atoms with Gasteiger partial charge >= 0.3 is 0 Å². The molecule has 0 amide bonds. The van der Waals surface area contributed by atoms with E-state index < -0.39 is 0 Å². The van der Waals surface area contributed by atoms with Gasteiger partial charge in [0, 0.05) is 15.8 Å². The van der Waals surface area contributed by atoms with E-state index in [1.807, 2.05) is 0 Å². The third-order valence-electron chi connectivity index (χ3n) is 3.77. The first-order chi connectivity index (χ1) is 7.14. The molecule has 0 aromatic carbocycles. The van der Waals surface area contributed by atoms with Crippen LogP contribution in [-0.4, -0.2) is 33.8 Å². The lowest BCUT2D eigenvalue weighted by atomic mass is 9.88. The lowest BCUT2D eigenvalue weighted by Gasteiger charge is -2.43. The van der Waals surface area contributed by atoms with Crippen LogP contribution in [0.4, 0.5) is 0 Å². The summed E-state index contributed by atoms with van der Waals surface area (Å²) in [6, 6.07) is 0. The van der Waals surface area contributed by atoms with E-state index in [1.165, 1.54) is 55.4 Å². The van der Waals surface area contributed by atoms with E-state index in [4.69, 9.17) is 0 Å². The summed E-state index contributed by atoms with van der Waals surface area (Å²) in [6.45, 7) is 9.61. The third kappa shape index (κ3) is 3.18. The van der Waals surface area contributed by atoms with Crippen molar-refractivity contribution < 1.29 is 0 Å². The van der Waals surface area contributed by atoms with Crippen molar-refractivity contribution in [1.29, 1.82) is 0 Å². The molecule has 1 nitrogen and oxygen atoms in total. The fourth-order valence-electron chi connectivity index (χ4n) is 2.87. The maximum atomic E-state index is 2.73. The molecule has 1 fully saturated rings. The van der Waals surface area contributed by atoms with Crippen LogP contribution in [0.15, 0.2) is 11.3 Å². The molecule has 15 heavy (non-hydrogen) atoms. The van der Waals surface area contributed by atoms with Gasteiger partial charge in [-0.05, 0) is 45.7 Å². The van der Waals surface area contributed by atoms with Gasteiger partial charge in [-0.25, -0.2) is 0 Å². The molecule has 0 aromatic heterocycles. The molecule has 0 N–H and O–H groups in total. The summed E-state index contributed by atoms with van der Waals surface area (Å²) in [5, 5.41) is 1.60. The third-order valence-corrected chi connectivity index (χ3v) is 4.06. The van der Waals surface area contributed by atoms with Crippen LogP contribution >= 0.6 is 0 Å². The highest BCUT2D eigenvalue weighted by atomic mass is 28.1. The quantitative estimate of drug-likeness (QED) is 0.664. The number of piperidine rings is 1. The molecule has 0 saturated carbocycles. The normalized spacial score (nSPS) is 20.9. The maximum absolute atomic E-state index is 2.73. The van der Waals surface area contributed by atoms with Crippen LogP contribution in [0.25, 0.3) is 0 Å². The number of hydrogen-bond acceptors (Lipinski definition) is 1. The summed E-state index contributed by atoms with van der Waals surface area (Å²) < 4.78 is 0. The second-order valence-corrected chi connectivity index (χ2v) is 6.66. The van der Waals surface area contributed by atoms with Gasteiger partial charge in [-0.15, -0.1) is 0 Å². The van der Waals surface area contributed by atoms with E-state index in [0.717, 1.165) is 0 Å². The monoisotopic (exact) mass is 225 g/mol. The zero-order chi connectivity index (χ0) is 11.3. The van der Waals surface area contributed by atoms with Crippen LogP contribution in [0.3, 0.4) is 0 Å². The van der Waals surface area contributed by atoms with Crippen molar-refractivity contribution >= 4 is 10.2 Å². The van der Waals surface area contributed by atoms with Crippen molar-refractivity contribution in [3.05, 3.63) is 11.3 Å². The van der Waals surface area contributed by atoms with Gasteiger partial charge in [0.15, 0.2) is 0 Å². The maximum Gasteiger partial charge on any atom is 0.0384 e.